The number of para-hydroxylation sites is 1. The lowest BCUT2D eigenvalue weighted by molar-refractivity contribution is 0.0570. The van der Waals surface area contributed by atoms with Crippen molar-refractivity contribution in [3.8, 4) is 0 Å². The van der Waals surface area contributed by atoms with E-state index in [9.17, 15) is 9.59 Å². The number of hydrogen-bond donors (Lipinski definition) is 1. The summed E-state index contributed by atoms with van der Waals surface area (Å²) in [5.74, 6) is 0.555. The molecule has 1 saturated heterocycles. The Balaban J connectivity index is 1.62. The standard InChI is InChI=1S/C19H22N4O3/c1-2-26-19(25)23-12-10-22(11-13-23)18(24)15-8-9-20-17(14-15)21-16-6-4-3-5-7-16/h3-9,14H,2,10-13H2,1H3,(H,20,21). The monoisotopic (exact) mass is 354 g/mol. The van der Waals surface area contributed by atoms with Gasteiger partial charge < -0.3 is 19.9 Å². The average molecular weight is 354 g/mol. The molecule has 0 aliphatic carbocycles. The topological polar surface area (TPSA) is 74.8 Å². The highest BCUT2D eigenvalue weighted by Crippen LogP contribution is 2.16. The van der Waals surface area contributed by atoms with E-state index < -0.39 is 0 Å². The van der Waals surface area contributed by atoms with Crippen LogP contribution in [0.25, 0.3) is 0 Å². The molecule has 7 heteroatoms. The number of benzene rings is 1. The molecule has 1 aromatic carbocycles. The van der Waals surface area contributed by atoms with Gasteiger partial charge in [0, 0.05) is 43.6 Å². The van der Waals surface area contributed by atoms with Gasteiger partial charge in [0.05, 0.1) is 6.61 Å². The smallest absolute Gasteiger partial charge is 0.409 e. The molecule has 1 aromatic heterocycles. The van der Waals surface area contributed by atoms with Gasteiger partial charge in [-0.25, -0.2) is 9.78 Å². The lowest BCUT2D eigenvalue weighted by Gasteiger charge is -2.34. The third-order valence-corrected chi connectivity index (χ3v) is 4.15. The first-order valence-corrected chi connectivity index (χ1v) is 8.66. The lowest BCUT2D eigenvalue weighted by atomic mass is 10.2. The maximum absolute atomic E-state index is 12.7. The van der Waals surface area contributed by atoms with Crippen LogP contribution >= 0.6 is 0 Å². The average Bonchev–Trinajstić information content (AvgIpc) is 2.69. The lowest BCUT2D eigenvalue weighted by Crippen LogP contribution is -2.50. The Kier molecular flexibility index (Phi) is 5.68. The fraction of sp³-hybridized carbons (Fsp3) is 0.316. The molecular formula is C19H22N4O3. The summed E-state index contributed by atoms with van der Waals surface area (Å²) in [6.07, 6.45) is 1.30. The maximum atomic E-state index is 12.7. The minimum atomic E-state index is -0.321. The number of carbonyl (C=O) groups excluding carboxylic acids is 2. The van der Waals surface area contributed by atoms with Crippen LogP contribution in [0.1, 0.15) is 17.3 Å². The number of nitrogens with one attached hydrogen (secondary N) is 1. The van der Waals surface area contributed by atoms with Crippen LogP contribution in [0.3, 0.4) is 0 Å². The Morgan fingerprint density at radius 2 is 1.77 bits per heavy atom. The highest BCUT2D eigenvalue weighted by atomic mass is 16.6. The summed E-state index contributed by atoms with van der Waals surface area (Å²) < 4.78 is 5.00. The molecule has 0 saturated carbocycles. The predicted molar refractivity (Wildman–Crippen MR) is 98.5 cm³/mol. The van der Waals surface area contributed by atoms with Crippen molar-refractivity contribution < 1.29 is 14.3 Å². The van der Waals surface area contributed by atoms with Crippen LogP contribution in [0.2, 0.25) is 0 Å². The number of ether oxygens (including phenoxy) is 1. The molecule has 1 aliphatic rings. The Labute approximate surface area is 152 Å². The van der Waals surface area contributed by atoms with Crippen molar-refractivity contribution in [2.75, 3.05) is 38.1 Å². The summed E-state index contributed by atoms with van der Waals surface area (Å²) in [4.78, 5) is 32.1. The molecule has 2 aromatic rings. The second-order valence-corrected chi connectivity index (χ2v) is 5.90. The number of pyridine rings is 1. The van der Waals surface area contributed by atoms with E-state index in [-0.39, 0.29) is 12.0 Å². The number of nitrogens with zero attached hydrogens (tertiary/aromatic N) is 3. The summed E-state index contributed by atoms with van der Waals surface area (Å²) >= 11 is 0. The van der Waals surface area contributed by atoms with E-state index in [1.807, 2.05) is 30.3 Å². The SMILES string of the molecule is CCOC(=O)N1CCN(C(=O)c2ccnc(Nc3ccccc3)c2)CC1. The number of amides is 2. The summed E-state index contributed by atoms with van der Waals surface area (Å²) in [6, 6.07) is 13.1. The molecule has 0 spiro atoms. The van der Waals surface area contributed by atoms with E-state index in [1.165, 1.54) is 0 Å². The minimum absolute atomic E-state index is 0.0629. The van der Waals surface area contributed by atoms with E-state index >= 15 is 0 Å². The Hall–Kier alpha value is -3.09. The van der Waals surface area contributed by atoms with Gasteiger partial charge in [0.25, 0.3) is 5.91 Å². The van der Waals surface area contributed by atoms with Crippen LogP contribution < -0.4 is 5.32 Å². The van der Waals surface area contributed by atoms with Crippen LogP contribution in [-0.4, -0.2) is 59.6 Å². The molecule has 0 radical (unpaired) electrons. The van der Waals surface area contributed by atoms with Crippen molar-refractivity contribution in [3.63, 3.8) is 0 Å². The number of hydrogen-bond acceptors (Lipinski definition) is 5. The number of anilines is 2. The van der Waals surface area contributed by atoms with Crippen molar-refractivity contribution in [3.05, 3.63) is 54.2 Å². The zero-order chi connectivity index (χ0) is 18.4. The van der Waals surface area contributed by atoms with Gasteiger partial charge in [0.1, 0.15) is 5.82 Å². The molecule has 3 rings (SSSR count). The van der Waals surface area contributed by atoms with Gasteiger partial charge in [-0.05, 0) is 31.2 Å². The van der Waals surface area contributed by atoms with Gasteiger partial charge in [-0.15, -0.1) is 0 Å². The third kappa shape index (κ3) is 4.30. The molecule has 2 heterocycles. The van der Waals surface area contributed by atoms with E-state index in [2.05, 4.69) is 10.3 Å². The van der Waals surface area contributed by atoms with E-state index in [0.29, 0.717) is 44.2 Å². The Morgan fingerprint density at radius 3 is 2.46 bits per heavy atom. The second-order valence-electron chi connectivity index (χ2n) is 5.90. The van der Waals surface area contributed by atoms with Gasteiger partial charge in [0.15, 0.2) is 0 Å². The highest BCUT2D eigenvalue weighted by Gasteiger charge is 2.25. The normalized spacial score (nSPS) is 14.0. The van der Waals surface area contributed by atoms with Gasteiger partial charge in [-0.1, -0.05) is 18.2 Å². The van der Waals surface area contributed by atoms with Crippen molar-refractivity contribution in [1.82, 2.24) is 14.8 Å². The third-order valence-electron chi connectivity index (χ3n) is 4.15. The molecule has 2 amide bonds. The number of aromatic nitrogens is 1. The number of rotatable bonds is 4. The molecule has 1 fully saturated rings. The van der Waals surface area contributed by atoms with Crippen LogP contribution in [0, 0.1) is 0 Å². The fourth-order valence-electron chi connectivity index (χ4n) is 2.79. The molecule has 1 aliphatic heterocycles. The first kappa shape index (κ1) is 17.7. The summed E-state index contributed by atoms with van der Waals surface area (Å²) in [5, 5.41) is 3.19. The molecule has 26 heavy (non-hydrogen) atoms. The molecule has 1 N–H and O–H groups in total. The van der Waals surface area contributed by atoms with E-state index in [0.717, 1.165) is 5.69 Å². The summed E-state index contributed by atoms with van der Waals surface area (Å²) in [5.41, 5.74) is 1.48. The van der Waals surface area contributed by atoms with Crippen LogP contribution in [0.5, 0.6) is 0 Å². The van der Waals surface area contributed by atoms with Crippen LogP contribution in [-0.2, 0) is 4.74 Å². The van der Waals surface area contributed by atoms with Gasteiger partial charge >= 0.3 is 6.09 Å². The molecule has 0 atom stereocenters. The van der Waals surface area contributed by atoms with Crippen molar-refractivity contribution in [2.45, 2.75) is 6.92 Å². The van der Waals surface area contributed by atoms with E-state index in [4.69, 9.17) is 4.74 Å². The quantitative estimate of drug-likeness (QED) is 0.914. The van der Waals surface area contributed by atoms with Crippen LogP contribution in [0.4, 0.5) is 16.3 Å². The fourth-order valence-corrected chi connectivity index (χ4v) is 2.79. The largest absolute Gasteiger partial charge is 0.450 e. The summed E-state index contributed by atoms with van der Waals surface area (Å²) in [6.45, 7) is 4.06. The van der Waals surface area contributed by atoms with Gasteiger partial charge in [-0.2, -0.15) is 0 Å². The zero-order valence-electron chi connectivity index (χ0n) is 14.7. The molecular weight excluding hydrogens is 332 g/mol. The Morgan fingerprint density at radius 1 is 1.08 bits per heavy atom. The minimum Gasteiger partial charge on any atom is -0.450 e. The number of piperazine rings is 1. The summed E-state index contributed by atoms with van der Waals surface area (Å²) in [7, 11) is 0. The predicted octanol–water partition coefficient (Wildman–Crippen LogP) is 2.74. The second kappa shape index (κ2) is 8.33. The van der Waals surface area contributed by atoms with Crippen molar-refractivity contribution in [1.29, 1.82) is 0 Å². The van der Waals surface area contributed by atoms with Crippen molar-refractivity contribution in [2.24, 2.45) is 0 Å². The number of carbonyl (C=O) groups is 2. The maximum Gasteiger partial charge on any atom is 0.409 e. The first-order valence-electron chi connectivity index (χ1n) is 8.66. The van der Waals surface area contributed by atoms with Crippen molar-refractivity contribution >= 4 is 23.5 Å². The molecule has 0 bridgehead atoms. The zero-order valence-corrected chi connectivity index (χ0v) is 14.7. The van der Waals surface area contributed by atoms with Crippen LogP contribution in [0.15, 0.2) is 48.7 Å². The molecule has 7 nitrogen and oxygen atoms in total. The van der Waals surface area contributed by atoms with Gasteiger partial charge in [-0.3, -0.25) is 4.79 Å². The molecule has 0 unspecified atom stereocenters. The molecule has 136 valence electrons. The Bertz CT molecular complexity index is 758. The highest BCUT2D eigenvalue weighted by molar-refractivity contribution is 5.95. The first-order chi connectivity index (χ1) is 12.7. The van der Waals surface area contributed by atoms with E-state index in [1.54, 1.807) is 35.1 Å². The van der Waals surface area contributed by atoms with Gasteiger partial charge in [0.2, 0.25) is 0 Å².